The fraction of sp³-hybridized carbons (Fsp3) is 0.167. The maximum absolute atomic E-state index is 11.1. The second-order valence-electron chi connectivity index (χ2n) is 5.20. The number of fused-ring (bicyclic) bond motifs is 1. The van der Waals surface area contributed by atoms with Gasteiger partial charge in [-0.15, -0.1) is 24.0 Å². The number of aromatic carboxylic acids is 1. The molecule has 0 bridgehead atoms. The van der Waals surface area contributed by atoms with Crippen molar-refractivity contribution in [1.82, 2.24) is 0 Å². The lowest BCUT2D eigenvalue weighted by molar-refractivity contribution is 0.0697. The van der Waals surface area contributed by atoms with E-state index in [1.165, 1.54) is 28.8 Å². The molecule has 0 fully saturated rings. The Morgan fingerprint density at radius 1 is 1.29 bits per heavy atom. The molecule has 0 spiro atoms. The summed E-state index contributed by atoms with van der Waals surface area (Å²) in [4.78, 5) is 14.6. The molecule has 0 amide bonds. The molecule has 6 heteroatoms. The number of likely N-dealkylation sites (N-methyl/N-ethyl adjacent to an activating group) is 1. The number of anilines is 1. The van der Waals surface area contributed by atoms with Gasteiger partial charge in [-0.1, -0.05) is 36.0 Å². The molecule has 1 unspecified atom stereocenters. The summed E-state index contributed by atoms with van der Waals surface area (Å²) >= 11 is 1.75. The summed E-state index contributed by atoms with van der Waals surface area (Å²) in [5.41, 5.74) is 1.88. The van der Waals surface area contributed by atoms with Crippen molar-refractivity contribution < 1.29 is 15.0 Å². The topological polar surface area (TPSA) is 60.8 Å². The number of halogens is 1. The van der Waals surface area contributed by atoms with Gasteiger partial charge in [-0.2, -0.15) is 0 Å². The third kappa shape index (κ3) is 3.70. The molecule has 2 aromatic carbocycles. The lowest BCUT2D eigenvalue weighted by Gasteiger charge is -2.22. The van der Waals surface area contributed by atoms with Gasteiger partial charge in [-0.05, 0) is 37.3 Å². The van der Waals surface area contributed by atoms with Crippen molar-refractivity contribution in [2.24, 2.45) is 0 Å². The van der Waals surface area contributed by atoms with E-state index in [0.717, 1.165) is 6.54 Å². The van der Waals surface area contributed by atoms with Crippen LogP contribution in [0.4, 0.5) is 5.69 Å². The normalized spacial score (nSPS) is 16.0. The van der Waals surface area contributed by atoms with Crippen LogP contribution in [-0.4, -0.2) is 28.1 Å². The Bertz CT molecular complexity index is 779. The van der Waals surface area contributed by atoms with Crippen molar-refractivity contribution in [2.75, 3.05) is 11.4 Å². The predicted octanol–water partition coefficient (Wildman–Crippen LogP) is 4.68. The first kappa shape index (κ1) is 18.7. The largest absolute Gasteiger partial charge is 0.507 e. The highest BCUT2D eigenvalue weighted by Crippen LogP contribution is 2.43. The van der Waals surface area contributed by atoms with Gasteiger partial charge in [0.1, 0.15) is 5.75 Å². The summed E-state index contributed by atoms with van der Waals surface area (Å²) < 4.78 is 0. The van der Waals surface area contributed by atoms with Gasteiger partial charge in [0.2, 0.25) is 0 Å². The number of thioether (sulfide) groups is 1. The minimum atomic E-state index is -1.00. The van der Waals surface area contributed by atoms with Crippen LogP contribution in [0.15, 0.2) is 53.4 Å². The Morgan fingerprint density at radius 2 is 2.04 bits per heavy atom. The van der Waals surface area contributed by atoms with E-state index in [4.69, 9.17) is 5.11 Å². The number of hydrogen-bond donors (Lipinski definition) is 2. The average Bonchev–Trinajstić information content (AvgIpc) is 2.91. The minimum Gasteiger partial charge on any atom is -0.507 e. The van der Waals surface area contributed by atoms with Gasteiger partial charge in [0.25, 0.3) is 0 Å². The van der Waals surface area contributed by atoms with E-state index < -0.39 is 5.97 Å². The van der Waals surface area contributed by atoms with Crippen molar-refractivity contribution >= 4 is 53.5 Å². The van der Waals surface area contributed by atoms with Crippen LogP contribution in [0.5, 0.6) is 5.75 Å². The molecule has 0 aromatic heterocycles. The monoisotopic (exact) mass is 455 g/mol. The molecule has 1 aliphatic rings. The minimum absolute atomic E-state index is 0. The number of para-hydroxylation sites is 1. The quantitative estimate of drug-likeness (QED) is 0.656. The summed E-state index contributed by atoms with van der Waals surface area (Å²) in [5.74, 6) is -0.924. The fourth-order valence-electron chi connectivity index (χ4n) is 2.63. The molecule has 126 valence electrons. The van der Waals surface area contributed by atoms with E-state index in [9.17, 15) is 9.90 Å². The van der Waals surface area contributed by atoms with Gasteiger partial charge in [-0.3, -0.25) is 0 Å². The van der Waals surface area contributed by atoms with Gasteiger partial charge < -0.3 is 15.1 Å². The third-order valence-corrected chi connectivity index (χ3v) is 5.04. The second-order valence-corrected chi connectivity index (χ2v) is 6.36. The zero-order chi connectivity index (χ0) is 16.4. The molecule has 0 radical (unpaired) electrons. The predicted molar refractivity (Wildman–Crippen MR) is 109 cm³/mol. The van der Waals surface area contributed by atoms with Crippen LogP contribution in [0.25, 0.3) is 6.08 Å². The zero-order valence-electron chi connectivity index (χ0n) is 13.0. The van der Waals surface area contributed by atoms with Crippen molar-refractivity contribution in [2.45, 2.75) is 17.2 Å². The Morgan fingerprint density at radius 3 is 2.75 bits per heavy atom. The molecule has 24 heavy (non-hydrogen) atoms. The number of carboxylic acid groups (broad SMARTS) is 1. The molecular formula is C18H18INO3S. The molecule has 3 rings (SSSR count). The van der Waals surface area contributed by atoms with E-state index >= 15 is 0 Å². The molecule has 2 N–H and O–H groups in total. The number of benzene rings is 2. The number of carbonyl (C=O) groups is 1. The highest BCUT2D eigenvalue weighted by atomic mass is 127. The smallest absolute Gasteiger partial charge is 0.335 e. The zero-order valence-corrected chi connectivity index (χ0v) is 16.2. The summed E-state index contributed by atoms with van der Waals surface area (Å²) in [6.07, 6.45) is 3.78. The molecule has 0 aliphatic carbocycles. The highest BCUT2D eigenvalue weighted by molar-refractivity contribution is 14.0. The molecule has 0 saturated heterocycles. The number of aromatic hydroxyl groups is 1. The number of nitrogens with zero attached hydrogens (tertiary/aromatic N) is 1. The maximum Gasteiger partial charge on any atom is 0.335 e. The lowest BCUT2D eigenvalue weighted by Crippen LogP contribution is -2.27. The Balaban J connectivity index is 0.00000208. The lowest BCUT2D eigenvalue weighted by atomic mass is 10.1. The fourth-order valence-corrected chi connectivity index (χ4v) is 3.90. The first-order valence-corrected chi connectivity index (χ1v) is 8.25. The van der Waals surface area contributed by atoms with Crippen molar-refractivity contribution in [3.8, 4) is 5.75 Å². The van der Waals surface area contributed by atoms with Crippen LogP contribution in [-0.2, 0) is 0 Å². The molecule has 1 aliphatic heterocycles. The van der Waals surface area contributed by atoms with Crippen LogP contribution in [0.3, 0.4) is 0 Å². The molecule has 2 aromatic rings. The Labute approximate surface area is 162 Å². The Kier molecular flexibility index (Phi) is 6.17. The van der Waals surface area contributed by atoms with Crippen LogP contribution in [0.1, 0.15) is 22.8 Å². The number of rotatable bonds is 4. The molecule has 0 saturated carbocycles. The first-order valence-electron chi connectivity index (χ1n) is 7.37. The van der Waals surface area contributed by atoms with Crippen LogP contribution in [0, 0.1) is 0 Å². The summed E-state index contributed by atoms with van der Waals surface area (Å²) in [6, 6.07) is 12.5. The van der Waals surface area contributed by atoms with E-state index in [1.807, 2.05) is 18.2 Å². The van der Waals surface area contributed by atoms with Crippen molar-refractivity contribution in [3.63, 3.8) is 0 Å². The number of phenols is 1. The van der Waals surface area contributed by atoms with Gasteiger partial charge in [0.15, 0.2) is 0 Å². The van der Waals surface area contributed by atoms with E-state index in [1.54, 1.807) is 17.8 Å². The van der Waals surface area contributed by atoms with E-state index in [-0.39, 0.29) is 40.7 Å². The number of carboxylic acids is 1. The van der Waals surface area contributed by atoms with Gasteiger partial charge in [-0.25, -0.2) is 4.79 Å². The summed E-state index contributed by atoms with van der Waals surface area (Å²) in [6.45, 7) is 2.98. The van der Waals surface area contributed by atoms with E-state index in [2.05, 4.69) is 24.0 Å². The van der Waals surface area contributed by atoms with Crippen LogP contribution < -0.4 is 4.90 Å². The summed E-state index contributed by atoms with van der Waals surface area (Å²) in [5, 5.41) is 19.1. The SMILES string of the molecule is CCN1c2ccccc2SC1/C=C/c1cc(C(=O)O)ccc1O.I. The van der Waals surface area contributed by atoms with Gasteiger partial charge in [0.05, 0.1) is 16.6 Å². The molecule has 4 nitrogen and oxygen atoms in total. The first-order chi connectivity index (χ1) is 11.1. The number of phenolic OH excluding ortho intramolecular Hbond substituents is 1. The average molecular weight is 455 g/mol. The van der Waals surface area contributed by atoms with Crippen LogP contribution >= 0.6 is 35.7 Å². The standard InChI is InChI=1S/C18H17NO3S.HI/c1-2-19-14-5-3-4-6-16(14)23-17(19)10-8-12-11-13(18(21)22)7-9-15(12)20;/h3-11,17,20H,2H2,1H3,(H,21,22);1H/b10-8+;. The Hall–Kier alpha value is -1.67. The molecular weight excluding hydrogens is 437 g/mol. The number of hydrogen-bond acceptors (Lipinski definition) is 4. The highest BCUT2D eigenvalue weighted by Gasteiger charge is 2.26. The maximum atomic E-state index is 11.1. The van der Waals surface area contributed by atoms with E-state index in [0.29, 0.717) is 5.56 Å². The third-order valence-electron chi connectivity index (χ3n) is 3.79. The molecule has 1 heterocycles. The second kappa shape index (κ2) is 7.94. The summed E-state index contributed by atoms with van der Waals surface area (Å²) in [7, 11) is 0. The van der Waals surface area contributed by atoms with Crippen molar-refractivity contribution in [1.29, 1.82) is 0 Å². The van der Waals surface area contributed by atoms with Crippen LogP contribution in [0.2, 0.25) is 0 Å². The molecule has 1 atom stereocenters. The van der Waals surface area contributed by atoms with Gasteiger partial charge >= 0.3 is 5.97 Å². The van der Waals surface area contributed by atoms with Gasteiger partial charge in [0, 0.05) is 17.0 Å². The van der Waals surface area contributed by atoms with Crippen molar-refractivity contribution in [3.05, 3.63) is 59.7 Å².